The molecule has 0 bridgehead atoms. The summed E-state index contributed by atoms with van der Waals surface area (Å²) >= 11 is 6.87. The average molecular weight is 573 g/mol. The topological polar surface area (TPSA) is 107 Å². The minimum atomic E-state index is -1.40. The number of halogens is 1. The summed E-state index contributed by atoms with van der Waals surface area (Å²) in [7, 11) is 3.12. The Balaban J connectivity index is 1.59. The molecule has 0 aliphatic heterocycles. The van der Waals surface area contributed by atoms with Gasteiger partial charge in [0.1, 0.15) is 17.0 Å². The van der Waals surface area contributed by atoms with E-state index in [2.05, 4.69) is 11.4 Å². The number of benzene rings is 2. The Bertz CT molecular complexity index is 1240. The number of carboxylic acids is 1. The highest BCUT2D eigenvalue weighted by atomic mass is 35.5. The van der Waals surface area contributed by atoms with Gasteiger partial charge in [0.25, 0.3) is 0 Å². The lowest BCUT2D eigenvalue weighted by Gasteiger charge is -2.45. The van der Waals surface area contributed by atoms with Gasteiger partial charge in [-0.05, 0) is 37.5 Å². The van der Waals surface area contributed by atoms with Crippen molar-refractivity contribution in [2.24, 2.45) is 0 Å². The fourth-order valence-electron chi connectivity index (χ4n) is 5.09. The monoisotopic (exact) mass is 572 g/mol. The summed E-state index contributed by atoms with van der Waals surface area (Å²) in [6.45, 7) is 4.97. The second kappa shape index (κ2) is 12.9. The Labute approximate surface area is 240 Å². The van der Waals surface area contributed by atoms with E-state index in [1.807, 2.05) is 50.2 Å². The lowest BCUT2D eigenvalue weighted by atomic mass is 9.74. The molecule has 0 saturated heterocycles. The molecule has 0 unspecified atom stereocenters. The first-order valence-corrected chi connectivity index (χ1v) is 13.8. The molecule has 216 valence electrons. The molecular formula is C30H37ClN2O7. The van der Waals surface area contributed by atoms with Gasteiger partial charge in [0.15, 0.2) is 0 Å². The molecule has 10 heteroatoms. The van der Waals surface area contributed by atoms with Gasteiger partial charge >= 0.3 is 12.0 Å². The molecule has 1 atom stereocenters. The number of nitrogens with one attached hydrogen (secondary N) is 1. The lowest BCUT2D eigenvalue weighted by molar-refractivity contribution is -0.156. The van der Waals surface area contributed by atoms with Crippen molar-refractivity contribution in [3.8, 4) is 11.5 Å². The normalized spacial score (nSPS) is 20.1. The maximum absolute atomic E-state index is 13.7. The summed E-state index contributed by atoms with van der Waals surface area (Å²) in [5.74, 6) is -0.0193. The first-order valence-electron chi connectivity index (χ1n) is 13.4. The number of carbonyl (C=O) groups is 2. The van der Waals surface area contributed by atoms with E-state index in [-0.39, 0.29) is 32.1 Å². The molecule has 2 aliphatic carbocycles. The van der Waals surface area contributed by atoms with E-state index in [1.165, 1.54) is 0 Å². The van der Waals surface area contributed by atoms with Crippen LogP contribution in [0, 0.1) is 0 Å². The van der Waals surface area contributed by atoms with Gasteiger partial charge in [0.05, 0.1) is 50.2 Å². The van der Waals surface area contributed by atoms with Crippen molar-refractivity contribution in [3.05, 3.63) is 64.2 Å². The van der Waals surface area contributed by atoms with E-state index in [4.69, 9.17) is 30.5 Å². The van der Waals surface area contributed by atoms with Gasteiger partial charge in [-0.2, -0.15) is 0 Å². The Hall–Kier alpha value is -3.27. The highest BCUT2D eigenvalue weighted by Gasteiger charge is 2.53. The lowest BCUT2D eigenvalue weighted by Crippen LogP contribution is -2.66. The summed E-state index contributed by atoms with van der Waals surface area (Å²) in [6, 6.07) is 10.4. The van der Waals surface area contributed by atoms with Crippen LogP contribution >= 0.6 is 11.6 Å². The number of methoxy groups -OCH3 is 2. The van der Waals surface area contributed by atoms with Gasteiger partial charge in [-0.1, -0.05) is 48.0 Å². The van der Waals surface area contributed by atoms with Gasteiger partial charge in [0.2, 0.25) is 0 Å². The van der Waals surface area contributed by atoms with Crippen LogP contribution in [-0.4, -0.2) is 67.6 Å². The van der Waals surface area contributed by atoms with Crippen molar-refractivity contribution >= 4 is 29.2 Å². The molecule has 2 aromatic rings. The third-order valence-electron chi connectivity index (χ3n) is 7.44. The number of nitrogens with zero attached hydrogens (tertiary/aromatic N) is 1. The number of amides is 2. The van der Waals surface area contributed by atoms with Crippen molar-refractivity contribution in [1.82, 2.24) is 10.2 Å². The number of aliphatic carboxylic acids is 1. The summed E-state index contributed by atoms with van der Waals surface area (Å²) < 4.78 is 22.8. The van der Waals surface area contributed by atoms with Crippen LogP contribution in [0.4, 0.5) is 4.79 Å². The maximum atomic E-state index is 13.7. The number of ether oxygens (including phenoxy) is 4. The van der Waals surface area contributed by atoms with Gasteiger partial charge in [0, 0.05) is 31.6 Å². The zero-order chi connectivity index (χ0) is 28.9. The minimum absolute atomic E-state index is 0.193. The number of allylic oxidation sites excluding steroid dienone is 2. The Morgan fingerprint density at radius 1 is 1.20 bits per heavy atom. The Morgan fingerprint density at radius 2 is 1.90 bits per heavy atom. The van der Waals surface area contributed by atoms with E-state index in [9.17, 15) is 14.7 Å². The van der Waals surface area contributed by atoms with Crippen molar-refractivity contribution in [2.45, 2.75) is 57.4 Å². The Kier molecular flexibility index (Phi) is 9.60. The van der Waals surface area contributed by atoms with Gasteiger partial charge in [-0.15, -0.1) is 0 Å². The van der Waals surface area contributed by atoms with E-state index in [0.717, 1.165) is 23.1 Å². The fourth-order valence-corrected chi connectivity index (χ4v) is 5.47. The average Bonchev–Trinajstić information content (AvgIpc) is 3.76. The zero-order valence-electron chi connectivity index (χ0n) is 23.4. The van der Waals surface area contributed by atoms with E-state index in [1.54, 1.807) is 19.1 Å². The highest BCUT2D eigenvalue weighted by Crippen LogP contribution is 2.49. The number of rotatable bonds is 14. The highest BCUT2D eigenvalue weighted by molar-refractivity contribution is 6.33. The molecule has 2 aliphatic rings. The second-order valence-electron chi connectivity index (χ2n) is 10.0. The van der Waals surface area contributed by atoms with Crippen LogP contribution in [0.2, 0.25) is 5.02 Å². The molecule has 2 aromatic carbocycles. The molecule has 0 radical (unpaired) electrons. The molecule has 0 heterocycles. The van der Waals surface area contributed by atoms with Crippen LogP contribution in [-0.2, 0) is 20.9 Å². The third-order valence-corrected chi connectivity index (χ3v) is 7.83. The number of urea groups is 1. The molecule has 1 saturated carbocycles. The first kappa shape index (κ1) is 29.7. The fraction of sp³-hybridized carbons (Fsp3) is 0.467. The number of hydrogen-bond acceptors (Lipinski definition) is 6. The number of hydrogen-bond donors (Lipinski definition) is 2. The van der Waals surface area contributed by atoms with Crippen LogP contribution in [0.5, 0.6) is 11.5 Å². The standard InChI is InChI=1S/C30H37ClN2O7/c1-5-40-22-16-30(17-22,28(34)35)32-29(36)33(13-14-39-18-20-9-7-6-8-10-20)19(2)23-15-24(37-3)25(21-11-12-21)27(38-4)26(23)31/h6-11,15,19,22H,5,12-14,16-18H2,1-4H3,(H,32,36)(H,34,35)/t19-,22?,30?/m1/s1. The van der Waals surface area contributed by atoms with Crippen molar-refractivity contribution < 1.29 is 33.6 Å². The van der Waals surface area contributed by atoms with Gasteiger partial charge in [-0.3, -0.25) is 0 Å². The smallest absolute Gasteiger partial charge is 0.329 e. The van der Waals surface area contributed by atoms with Crippen molar-refractivity contribution in [1.29, 1.82) is 0 Å². The van der Waals surface area contributed by atoms with Gasteiger partial charge < -0.3 is 34.3 Å². The third kappa shape index (κ3) is 6.37. The molecule has 9 nitrogen and oxygen atoms in total. The van der Waals surface area contributed by atoms with Crippen LogP contribution in [0.15, 0.2) is 42.5 Å². The van der Waals surface area contributed by atoms with E-state index >= 15 is 0 Å². The van der Waals surface area contributed by atoms with Crippen LogP contribution in [0.3, 0.4) is 0 Å². The SMILES string of the molecule is CCOC1CC(NC(=O)N(CCOCc2ccccc2)[C@H](C)c2cc(OC)c(C3=CC3)c(OC)c2Cl)(C(=O)O)C1. The molecule has 1 fully saturated rings. The maximum Gasteiger partial charge on any atom is 0.329 e. The van der Waals surface area contributed by atoms with Crippen LogP contribution in [0.25, 0.3) is 5.57 Å². The van der Waals surface area contributed by atoms with Crippen molar-refractivity contribution in [3.63, 3.8) is 0 Å². The summed E-state index contributed by atoms with van der Waals surface area (Å²) in [4.78, 5) is 27.5. The minimum Gasteiger partial charge on any atom is -0.496 e. The largest absolute Gasteiger partial charge is 0.496 e. The van der Waals surface area contributed by atoms with Crippen LogP contribution < -0.4 is 14.8 Å². The molecular weight excluding hydrogens is 536 g/mol. The Morgan fingerprint density at radius 3 is 2.48 bits per heavy atom. The predicted octanol–water partition coefficient (Wildman–Crippen LogP) is 5.46. The van der Waals surface area contributed by atoms with Gasteiger partial charge in [-0.25, -0.2) is 9.59 Å². The van der Waals surface area contributed by atoms with Crippen molar-refractivity contribution in [2.75, 3.05) is 34.0 Å². The molecule has 0 aromatic heterocycles. The molecule has 0 spiro atoms. The van der Waals surface area contributed by atoms with Crippen LogP contribution in [0.1, 0.15) is 55.8 Å². The van der Waals surface area contributed by atoms with E-state index < -0.39 is 23.6 Å². The number of carbonyl (C=O) groups excluding carboxylic acids is 1. The summed E-state index contributed by atoms with van der Waals surface area (Å²) in [6.07, 6.45) is 3.06. The summed E-state index contributed by atoms with van der Waals surface area (Å²) in [5, 5.41) is 13.1. The van der Waals surface area contributed by atoms with E-state index in [0.29, 0.717) is 35.3 Å². The molecule has 40 heavy (non-hydrogen) atoms. The molecule has 4 rings (SSSR count). The quantitative estimate of drug-likeness (QED) is 0.290. The molecule has 2 N–H and O–H groups in total. The summed E-state index contributed by atoms with van der Waals surface area (Å²) in [5.41, 5.74) is 2.10. The number of carboxylic acid groups (broad SMARTS) is 1. The molecule has 2 amide bonds. The second-order valence-corrected chi connectivity index (χ2v) is 10.4. The predicted molar refractivity (Wildman–Crippen MR) is 152 cm³/mol. The zero-order valence-corrected chi connectivity index (χ0v) is 24.1. The first-order chi connectivity index (χ1) is 19.2.